The zero-order valence-electron chi connectivity index (χ0n) is 25.9. The molecule has 1 N–H and O–H groups in total. The van der Waals surface area contributed by atoms with Gasteiger partial charge in [-0.3, -0.25) is 13.9 Å². The van der Waals surface area contributed by atoms with Crippen molar-refractivity contribution in [2.75, 3.05) is 17.4 Å². The number of carbonyl (C=O) groups excluding carboxylic acids is 2. The summed E-state index contributed by atoms with van der Waals surface area (Å²) in [5.74, 6) is -1.33. The van der Waals surface area contributed by atoms with E-state index in [2.05, 4.69) is 5.32 Å². The quantitative estimate of drug-likeness (QED) is 0.169. The number of nitrogens with one attached hydrogen (secondary N) is 1. The maximum Gasteiger partial charge on any atom is 0.264 e. The third-order valence-corrected chi connectivity index (χ3v) is 9.26. The van der Waals surface area contributed by atoms with E-state index in [4.69, 9.17) is 0 Å². The van der Waals surface area contributed by atoms with Crippen molar-refractivity contribution in [2.45, 2.75) is 57.5 Å². The number of halogens is 1. The van der Waals surface area contributed by atoms with Gasteiger partial charge in [-0.15, -0.1) is 0 Å². The first-order valence-corrected chi connectivity index (χ1v) is 16.5. The van der Waals surface area contributed by atoms with Gasteiger partial charge in [0.15, 0.2) is 0 Å². The first-order chi connectivity index (χ1) is 21.6. The Bertz CT molecular complexity index is 1660. The minimum Gasteiger partial charge on any atom is -0.354 e. The van der Waals surface area contributed by atoms with Gasteiger partial charge in [0.05, 0.1) is 10.6 Å². The molecule has 0 saturated carbocycles. The molecule has 0 radical (unpaired) electrons. The number of anilines is 1. The van der Waals surface area contributed by atoms with Gasteiger partial charge < -0.3 is 10.2 Å². The average Bonchev–Trinajstić information content (AvgIpc) is 3.02. The second-order valence-electron chi connectivity index (χ2n) is 11.2. The summed E-state index contributed by atoms with van der Waals surface area (Å²) in [6.07, 6.45) is 1.86. The molecular formula is C36H40FN3O4S. The minimum absolute atomic E-state index is 0.0239. The lowest BCUT2D eigenvalue weighted by atomic mass is 10.0. The van der Waals surface area contributed by atoms with Crippen LogP contribution in [0.4, 0.5) is 10.1 Å². The van der Waals surface area contributed by atoms with Crippen LogP contribution in [0.3, 0.4) is 0 Å². The van der Waals surface area contributed by atoms with Crippen molar-refractivity contribution in [3.8, 4) is 0 Å². The zero-order chi connectivity index (χ0) is 32.4. The lowest BCUT2D eigenvalue weighted by molar-refractivity contribution is -0.140. The summed E-state index contributed by atoms with van der Waals surface area (Å²) in [5.41, 5.74) is 3.47. The van der Waals surface area contributed by atoms with Gasteiger partial charge in [0.25, 0.3) is 10.0 Å². The predicted octanol–water partition coefficient (Wildman–Crippen LogP) is 6.19. The van der Waals surface area contributed by atoms with E-state index < -0.39 is 34.3 Å². The molecule has 9 heteroatoms. The standard InChI is InChI=1S/C36H40FN3O4S/c1-4-5-20-38-36(42)34(24-29-12-8-6-9-13-29)39(25-30-16-18-31(37)19-17-30)35(41)26-40(32-22-27(2)21-28(3)23-32)45(43,44)33-14-10-7-11-15-33/h6-19,21-23,34H,4-5,20,24-26H2,1-3H3,(H,38,42)/t34-/m0/s1. The Hall–Kier alpha value is -4.50. The number of hydrogen-bond donors (Lipinski definition) is 1. The van der Waals surface area contributed by atoms with Crippen LogP contribution in [0.25, 0.3) is 0 Å². The Kier molecular flexibility index (Phi) is 11.5. The SMILES string of the molecule is CCCCNC(=O)[C@H](Cc1ccccc1)N(Cc1ccc(F)cc1)C(=O)CN(c1cc(C)cc(C)c1)S(=O)(=O)c1ccccc1. The van der Waals surface area contributed by atoms with Crippen LogP contribution in [0.2, 0.25) is 0 Å². The summed E-state index contributed by atoms with van der Waals surface area (Å²) < 4.78 is 43.2. The summed E-state index contributed by atoms with van der Waals surface area (Å²) >= 11 is 0. The molecule has 0 spiro atoms. The summed E-state index contributed by atoms with van der Waals surface area (Å²) in [6, 6.07) is 27.5. The second kappa shape index (κ2) is 15.5. The highest BCUT2D eigenvalue weighted by Crippen LogP contribution is 2.27. The third-order valence-electron chi connectivity index (χ3n) is 7.47. The molecule has 4 rings (SSSR count). The zero-order valence-corrected chi connectivity index (χ0v) is 26.8. The van der Waals surface area contributed by atoms with Crippen LogP contribution in [0.1, 0.15) is 42.0 Å². The number of nitrogens with zero attached hydrogens (tertiary/aromatic N) is 2. The van der Waals surface area contributed by atoms with E-state index in [0.29, 0.717) is 17.8 Å². The van der Waals surface area contributed by atoms with Crippen LogP contribution in [-0.2, 0) is 32.6 Å². The summed E-state index contributed by atoms with van der Waals surface area (Å²) in [4.78, 5) is 29.7. The van der Waals surface area contributed by atoms with E-state index >= 15 is 0 Å². The Morgan fingerprint density at radius 3 is 2.02 bits per heavy atom. The van der Waals surface area contributed by atoms with E-state index in [0.717, 1.165) is 33.8 Å². The van der Waals surface area contributed by atoms with E-state index in [1.165, 1.54) is 29.2 Å². The molecule has 4 aromatic rings. The normalized spacial score (nSPS) is 11.9. The minimum atomic E-state index is -4.18. The van der Waals surface area contributed by atoms with Gasteiger partial charge >= 0.3 is 0 Å². The van der Waals surface area contributed by atoms with Crippen molar-refractivity contribution in [2.24, 2.45) is 0 Å². The lowest BCUT2D eigenvalue weighted by Crippen LogP contribution is -2.53. The smallest absolute Gasteiger partial charge is 0.264 e. The van der Waals surface area contributed by atoms with E-state index in [9.17, 15) is 22.4 Å². The van der Waals surface area contributed by atoms with Crippen molar-refractivity contribution in [1.82, 2.24) is 10.2 Å². The Morgan fingerprint density at radius 1 is 0.822 bits per heavy atom. The predicted molar refractivity (Wildman–Crippen MR) is 176 cm³/mol. The van der Waals surface area contributed by atoms with Crippen LogP contribution in [0.15, 0.2) is 108 Å². The molecule has 4 aromatic carbocycles. The van der Waals surface area contributed by atoms with Crippen molar-refractivity contribution in [3.63, 3.8) is 0 Å². The van der Waals surface area contributed by atoms with E-state index in [-0.39, 0.29) is 23.8 Å². The van der Waals surface area contributed by atoms with Gasteiger partial charge in [-0.25, -0.2) is 12.8 Å². The van der Waals surface area contributed by atoms with Gasteiger partial charge in [-0.05, 0) is 78.9 Å². The number of sulfonamides is 1. The number of hydrogen-bond acceptors (Lipinski definition) is 4. The van der Waals surface area contributed by atoms with Crippen LogP contribution in [-0.4, -0.2) is 44.3 Å². The maximum absolute atomic E-state index is 14.5. The van der Waals surface area contributed by atoms with E-state index in [1.54, 1.807) is 42.5 Å². The molecule has 1 atom stereocenters. The topological polar surface area (TPSA) is 86.8 Å². The molecule has 0 aliphatic rings. The molecule has 0 unspecified atom stereocenters. The monoisotopic (exact) mass is 629 g/mol. The molecule has 45 heavy (non-hydrogen) atoms. The number of amides is 2. The molecule has 0 aliphatic heterocycles. The first-order valence-electron chi connectivity index (χ1n) is 15.1. The molecule has 0 aliphatic carbocycles. The van der Waals surface area contributed by atoms with Gasteiger partial charge in [-0.2, -0.15) is 0 Å². The second-order valence-corrected chi connectivity index (χ2v) is 13.0. The van der Waals surface area contributed by atoms with Gasteiger partial charge in [0.2, 0.25) is 11.8 Å². The number of unbranched alkanes of at least 4 members (excludes halogenated alkanes) is 1. The number of rotatable bonds is 14. The Balaban J connectivity index is 1.80. The highest BCUT2D eigenvalue weighted by molar-refractivity contribution is 7.92. The van der Waals surface area contributed by atoms with Crippen molar-refractivity contribution >= 4 is 27.5 Å². The van der Waals surface area contributed by atoms with Crippen molar-refractivity contribution in [1.29, 1.82) is 0 Å². The molecule has 0 heterocycles. The Labute approximate surface area is 265 Å². The fraction of sp³-hybridized carbons (Fsp3) is 0.278. The molecule has 0 fully saturated rings. The van der Waals surface area contributed by atoms with Crippen LogP contribution in [0.5, 0.6) is 0 Å². The summed E-state index contributed by atoms with van der Waals surface area (Å²) in [5, 5.41) is 2.97. The van der Waals surface area contributed by atoms with Gasteiger partial charge in [0, 0.05) is 19.5 Å². The highest BCUT2D eigenvalue weighted by Gasteiger charge is 2.34. The van der Waals surface area contributed by atoms with Gasteiger partial charge in [-0.1, -0.05) is 80.1 Å². The number of aryl methyl sites for hydroxylation is 2. The molecule has 2 amide bonds. The molecule has 0 saturated heterocycles. The first kappa shape index (κ1) is 33.4. The Morgan fingerprint density at radius 2 is 1.42 bits per heavy atom. The van der Waals surface area contributed by atoms with Crippen LogP contribution >= 0.6 is 0 Å². The van der Waals surface area contributed by atoms with Crippen LogP contribution < -0.4 is 9.62 Å². The van der Waals surface area contributed by atoms with Crippen molar-refractivity contribution < 1.29 is 22.4 Å². The van der Waals surface area contributed by atoms with Crippen LogP contribution in [0, 0.1) is 19.7 Å². The number of benzene rings is 4. The maximum atomic E-state index is 14.5. The lowest BCUT2D eigenvalue weighted by Gasteiger charge is -2.34. The fourth-order valence-electron chi connectivity index (χ4n) is 5.19. The summed E-state index contributed by atoms with van der Waals surface area (Å²) in [6.45, 7) is 5.62. The third kappa shape index (κ3) is 9.01. The molecule has 236 valence electrons. The molecule has 0 bridgehead atoms. The van der Waals surface area contributed by atoms with Crippen molar-refractivity contribution in [3.05, 3.63) is 131 Å². The molecular weight excluding hydrogens is 589 g/mol. The van der Waals surface area contributed by atoms with E-state index in [1.807, 2.05) is 57.2 Å². The number of carbonyl (C=O) groups is 2. The average molecular weight is 630 g/mol. The largest absolute Gasteiger partial charge is 0.354 e. The van der Waals surface area contributed by atoms with Gasteiger partial charge in [0.1, 0.15) is 18.4 Å². The summed E-state index contributed by atoms with van der Waals surface area (Å²) in [7, 11) is -4.18. The fourth-order valence-corrected chi connectivity index (χ4v) is 6.61. The molecule has 0 aromatic heterocycles. The molecule has 7 nitrogen and oxygen atoms in total. The highest BCUT2D eigenvalue weighted by atomic mass is 32.2.